The number of nitrogens with zero attached hydrogens (tertiary/aromatic N) is 12. The number of aromatic nitrogens is 8. The Morgan fingerprint density at radius 2 is 1.17 bits per heavy atom. The average Bonchev–Trinajstić information content (AvgIpc) is 3.33. The molecule has 0 amide bonds. The molecule has 2 aliphatic rings. The molecule has 2 fully saturated rings. The lowest BCUT2D eigenvalue weighted by atomic mass is 10.2. The summed E-state index contributed by atoms with van der Waals surface area (Å²) in [6, 6.07) is 28.2. The van der Waals surface area contributed by atoms with Gasteiger partial charge in [-0.25, -0.2) is 19.9 Å². The van der Waals surface area contributed by atoms with Crippen molar-refractivity contribution in [1.82, 2.24) is 48.8 Å². The molecule has 0 unspecified atom stereocenters. The minimum Gasteiger partial charge on any atom is -0.495 e. The third-order valence-electron chi connectivity index (χ3n) is 12.0. The Morgan fingerprint density at radius 1 is 0.591 bits per heavy atom. The molecule has 6 N–H and O–H groups in total. The number of nitrogen functional groups attached to an aromatic ring is 2. The van der Waals surface area contributed by atoms with Gasteiger partial charge >= 0.3 is 0 Å². The Labute approximate surface area is 379 Å². The van der Waals surface area contributed by atoms with Crippen LogP contribution in [0.4, 0.5) is 46.0 Å². The highest BCUT2D eigenvalue weighted by molar-refractivity contribution is 5.78. The zero-order chi connectivity index (χ0) is 45.3. The molecule has 0 aliphatic carbocycles. The van der Waals surface area contributed by atoms with Crippen LogP contribution in [-0.2, 0) is 6.54 Å². The third kappa shape index (κ3) is 8.59. The highest BCUT2D eigenvalue weighted by Crippen LogP contribution is 2.33. The fraction of sp³-hybridized carbons (Fsp3) is 0.234. The largest absolute Gasteiger partial charge is 0.495 e. The van der Waals surface area contributed by atoms with Gasteiger partial charge in [-0.05, 0) is 92.0 Å². The summed E-state index contributed by atoms with van der Waals surface area (Å²) in [6.45, 7) is 7.33. The van der Waals surface area contributed by atoms with Crippen molar-refractivity contribution in [3.05, 3.63) is 136 Å². The summed E-state index contributed by atoms with van der Waals surface area (Å²) >= 11 is 0. The highest BCUT2D eigenvalue weighted by Gasteiger charge is 2.24. The first kappa shape index (κ1) is 41.8. The fourth-order valence-electron chi connectivity index (χ4n) is 8.39. The van der Waals surface area contributed by atoms with Gasteiger partial charge in [0.05, 0.1) is 48.5 Å². The summed E-state index contributed by atoms with van der Waals surface area (Å²) < 4.78 is 8.95. The number of hydrogen-bond donors (Lipinski definition) is 4. The van der Waals surface area contributed by atoms with Crippen LogP contribution < -0.4 is 47.8 Å². The van der Waals surface area contributed by atoms with Gasteiger partial charge in [-0.1, -0.05) is 0 Å². The second kappa shape index (κ2) is 17.8. The second-order valence-corrected chi connectivity index (χ2v) is 16.4. The first-order valence-electron chi connectivity index (χ1n) is 21.6. The summed E-state index contributed by atoms with van der Waals surface area (Å²) in [5.41, 5.74) is 19.8. The van der Waals surface area contributed by atoms with Crippen molar-refractivity contribution in [3.8, 4) is 17.1 Å². The number of methoxy groups -OCH3 is 1. The van der Waals surface area contributed by atoms with Crippen molar-refractivity contribution in [3.63, 3.8) is 0 Å². The first-order chi connectivity index (χ1) is 32.1. The molecule has 10 rings (SSSR count). The molecule has 4 aromatic heterocycles. The van der Waals surface area contributed by atoms with Gasteiger partial charge in [0, 0.05) is 93.4 Å². The molecule has 19 heteroatoms. The second-order valence-electron chi connectivity index (χ2n) is 16.4. The lowest BCUT2D eigenvalue weighted by Crippen LogP contribution is -2.46. The van der Waals surface area contributed by atoms with E-state index in [1.54, 1.807) is 66.4 Å². The number of nitrogens with one attached hydrogen (secondary N) is 2. The molecule has 0 atom stereocenters. The Kier molecular flexibility index (Phi) is 11.3. The van der Waals surface area contributed by atoms with Crippen LogP contribution in [0.15, 0.2) is 119 Å². The van der Waals surface area contributed by atoms with E-state index in [2.05, 4.69) is 69.3 Å². The van der Waals surface area contributed by atoms with Gasteiger partial charge in [-0.2, -0.15) is 9.97 Å². The monoisotopic (exact) mass is 884 g/mol. The van der Waals surface area contributed by atoms with Crippen LogP contribution in [0.25, 0.3) is 33.7 Å². The molecule has 0 radical (unpaired) electrons. The molecular weight excluding hydrogens is 837 g/mol. The SMILES string of the molecule is COc1cc(Nc2ncc3ncc(=O)n(-c4ccc(N)cc4)c3n2)ccc1N1CCN(Cc2nc(Nc3ccc(N4CCN(C)CC4)cc3)nc3c2ncc(=O)n3-c2ccc(N)cc2)CC1. The van der Waals surface area contributed by atoms with Crippen molar-refractivity contribution in [1.29, 1.82) is 0 Å². The molecule has 0 spiro atoms. The summed E-state index contributed by atoms with van der Waals surface area (Å²) in [5, 5.41) is 6.68. The van der Waals surface area contributed by atoms with E-state index in [1.807, 2.05) is 30.3 Å². The number of benzene rings is 4. The van der Waals surface area contributed by atoms with E-state index in [4.69, 9.17) is 26.2 Å². The number of hydrogen-bond acceptors (Lipinski definition) is 17. The van der Waals surface area contributed by atoms with Crippen LogP contribution in [0.1, 0.15) is 5.69 Å². The predicted octanol–water partition coefficient (Wildman–Crippen LogP) is 4.40. The maximum Gasteiger partial charge on any atom is 0.275 e. The van der Waals surface area contributed by atoms with Crippen LogP contribution in [-0.4, -0.2) is 115 Å². The number of piperazine rings is 2. The lowest BCUT2D eigenvalue weighted by molar-refractivity contribution is 0.247. The van der Waals surface area contributed by atoms with Crippen molar-refractivity contribution >= 4 is 68.3 Å². The molecule has 2 saturated heterocycles. The van der Waals surface area contributed by atoms with E-state index in [0.717, 1.165) is 56.3 Å². The van der Waals surface area contributed by atoms with Gasteiger partial charge in [-0.3, -0.25) is 23.6 Å². The smallest absolute Gasteiger partial charge is 0.275 e. The molecule has 2 aliphatic heterocycles. The summed E-state index contributed by atoms with van der Waals surface area (Å²) in [4.78, 5) is 63.7. The predicted molar refractivity (Wildman–Crippen MR) is 258 cm³/mol. The minimum atomic E-state index is -0.328. The quantitative estimate of drug-likeness (QED) is 0.132. The minimum absolute atomic E-state index is 0.289. The van der Waals surface area contributed by atoms with Crippen LogP contribution in [0.2, 0.25) is 0 Å². The van der Waals surface area contributed by atoms with Crippen LogP contribution in [0.5, 0.6) is 5.75 Å². The zero-order valence-electron chi connectivity index (χ0n) is 36.5. The van der Waals surface area contributed by atoms with Crippen molar-refractivity contribution in [2.75, 3.05) is 98.4 Å². The first-order valence-corrected chi connectivity index (χ1v) is 21.6. The molecule has 0 bridgehead atoms. The van der Waals surface area contributed by atoms with Gasteiger partial charge in [0.25, 0.3) is 11.1 Å². The number of nitrogens with two attached hydrogens (primary N) is 2. The van der Waals surface area contributed by atoms with E-state index in [-0.39, 0.29) is 17.1 Å². The van der Waals surface area contributed by atoms with Gasteiger partial charge in [0.15, 0.2) is 11.3 Å². The topological polar surface area (TPSA) is 220 Å². The van der Waals surface area contributed by atoms with Gasteiger partial charge < -0.3 is 41.5 Å². The van der Waals surface area contributed by atoms with E-state index in [0.29, 0.717) is 87.8 Å². The number of rotatable bonds is 11. The van der Waals surface area contributed by atoms with E-state index in [9.17, 15) is 9.59 Å². The Hall–Kier alpha value is -8.16. The standard InChI is InChI=1S/C47H48N16O3/c1-58-17-21-60(22-18-58)34-14-7-32(8-15-34)53-47-55-38(43-45(57-47)63(42(65)28-51-43)36-12-5-31(49)6-13-36)29-59-19-23-61(24-20-59)39-16-9-33(25-40(39)66-2)54-46-52-26-37-44(56-46)62(41(64)27-50-37)35-10-3-30(48)4-11-35/h3-16,25-28H,17-24,29,48-49H2,1-2H3,(H,52,54,56)(H,53,55,57). The van der Waals surface area contributed by atoms with E-state index >= 15 is 0 Å². The maximum atomic E-state index is 13.5. The Balaban J connectivity index is 0.876. The zero-order valence-corrected chi connectivity index (χ0v) is 36.5. The van der Waals surface area contributed by atoms with Crippen molar-refractivity contribution < 1.29 is 4.74 Å². The number of fused-ring (bicyclic) bond motifs is 2. The van der Waals surface area contributed by atoms with Gasteiger partial charge in [0.2, 0.25) is 11.9 Å². The van der Waals surface area contributed by atoms with Crippen LogP contribution in [0, 0.1) is 0 Å². The molecule has 6 heterocycles. The lowest BCUT2D eigenvalue weighted by Gasteiger charge is -2.36. The highest BCUT2D eigenvalue weighted by atomic mass is 16.5. The molecule has 0 saturated carbocycles. The van der Waals surface area contributed by atoms with Gasteiger partial charge in [-0.15, -0.1) is 0 Å². The summed E-state index contributed by atoms with van der Waals surface area (Å²) in [7, 11) is 3.80. The summed E-state index contributed by atoms with van der Waals surface area (Å²) in [6.07, 6.45) is 4.15. The molecule has 334 valence electrons. The summed E-state index contributed by atoms with van der Waals surface area (Å²) in [5.74, 6) is 1.33. The molecule has 4 aromatic carbocycles. The molecule has 66 heavy (non-hydrogen) atoms. The number of ether oxygens (including phenoxy) is 1. The normalized spacial score (nSPS) is 14.8. The Bertz CT molecular complexity index is 3160. The third-order valence-corrected chi connectivity index (χ3v) is 12.0. The number of likely N-dealkylation sites (N-methyl/N-ethyl adjacent to an activating group) is 1. The molecule has 8 aromatic rings. The number of anilines is 8. The van der Waals surface area contributed by atoms with Crippen LogP contribution >= 0.6 is 0 Å². The Morgan fingerprint density at radius 3 is 1.83 bits per heavy atom. The van der Waals surface area contributed by atoms with Crippen LogP contribution in [0.3, 0.4) is 0 Å². The average molecular weight is 885 g/mol. The van der Waals surface area contributed by atoms with E-state index < -0.39 is 0 Å². The van der Waals surface area contributed by atoms with E-state index in [1.165, 1.54) is 17.0 Å². The molecular formula is C47H48N16O3. The van der Waals surface area contributed by atoms with Crippen molar-refractivity contribution in [2.24, 2.45) is 0 Å². The fourth-order valence-corrected chi connectivity index (χ4v) is 8.39. The maximum absolute atomic E-state index is 13.5. The molecule has 19 nitrogen and oxygen atoms in total. The van der Waals surface area contributed by atoms with Gasteiger partial charge in [0.1, 0.15) is 16.8 Å². The van der Waals surface area contributed by atoms with Crippen molar-refractivity contribution in [2.45, 2.75) is 6.54 Å².